The monoisotopic (exact) mass is 238 g/mol. The Hall–Kier alpha value is -1.32. The van der Waals surface area contributed by atoms with Gasteiger partial charge in [-0.3, -0.25) is 4.79 Å². The highest BCUT2D eigenvalue weighted by atomic mass is 16.5. The van der Waals surface area contributed by atoms with Gasteiger partial charge in [0.1, 0.15) is 0 Å². The van der Waals surface area contributed by atoms with E-state index in [0.29, 0.717) is 13.0 Å². The lowest BCUT2D eigenvalue weighted by Crippen LogP contribution is -2.04. The number of ether oxygens (including phenoxy) is 1. The number of carbonyl (C=O) groups is 1. The Bertz CT molecular complexity index is 296. The summed E-state index contributed by atoms with van der Waals surface area (Å²) in [6, 6.07) is 0. The Morgan fingerprint density at radius 3 is 2.82 bits per heavy atom. The van der Waals surface area contributed by atoms with Crippen LogP contribution in [0.15, 0.2) is 18.7 Å². The van der Waals surface area contributed by atoms with Crippen molar-refractivity contribution in [3.05, 3.63) is 18.7 Å². The molecule has 0 amide bonds. The van der Waals surface area contributed by atoms with Crippen molar-refractivity contribution < 1.29 is 9.53 Å². The zero-order chi connectivity index (χ0) is 12.3. The standard InChI is InChI=1S/C13H22N2O2/c1-2-11-17-13(16)7-5-3-4-6-9-15-10-8-14-12-15/h8,10,12H,2-7,9,11H2,1H3. The molecule has 1 rings (SSSR count). The van der Waals surface area contributed by atoms with Gasteiger partial charge in [-0.05, 0) is 19.3 Å². The van der Waals surface area contributed by atoms with Crippen LogP contribution in [-0.2, 0) is 16.1 Å². The fourth-order valence-corrected chi connectivity index (χ4v) is 1.62. The lowest BCUT2D eigenvalue weighted by Gasteiger charge is -2.03. The van der Waals surface area contributed by atoms with Gasteiger partial charge in [-0.15, -0.1) is 0 Å². The van der Waals surface area contributed by atoms with E-state index < -0.39 is 0 Å². The largest absolute Gasteiger partial charge is 0.466 e. The summed E-state index contributed by atoms with van der Waals surface area (Å²) in [4.78, 5) is 15.2. The quantitative estimate of drug-likeness (QED) is 0.491. The Morgan fingerprint density at radius 1 is 1.29 bits per heavy atom. The van der Waals surface area contributed by atoms with Gasteiger partial charge in [0.15, 0.2) is 0 Å². The summed E-state index contributed by atoms with van der Waals surface area (Å²) in [6.45, 7) is 3.57. The smallest absolute Gasteiger partial charge is 0.305 e. The molecule has 0 saturated carbocycles. The number of hydrogen-bond acceptors (Lipinski definition) is 3. The Kier molecular flexibility index (Phi) is 7.11. The highest BCUT2D eigenvalue weighted by Crippen LogP contribution is 2.05. The molecule has 96 valence electrons. The van der Waals surface area contributed by atoms with E-state index >= 15 is 0 Å². The lowest BCUT2D eigenvalue weighted by molar-refractivity contribution is -0.143. The summed E-state index contributed by atoms with van der Waals surface area (Å²) in [5.74, 6) is -0.0542. The van der Waals surface area contributed by atoms with Crippen LogP contribution in [-0.4, -0.2) is 22.1 Å². The number of unbranched alkanes of at least 4 members (excludes halogenated alkanes) is 3. The first kappa shape index (κ1) is 13.7. The van der Waals surface area contributed by atoms with E-state index in [2.05, 4.69) is 9.55 Å². The fourth-order valence-electron chi connectivity index (χ4n) is 1.62. The molecule has 0 fully saturated rings. The SMILES string of the molecule is CCCOC(=O)CCCCCCn1ccnc1. The highest BCUT2D eigenvalue weighted by molar-refractivity contribution is 5.69. The van der Waals surface area contributed by atoms with Gasteiger partial charge in [0.05, 0.1) is 12.9 Å². The normalized spacial score (nSPS) is 10.4. The topological polar surface area (TPSA) is 44.1 Å². The predicted molar refractivity (Wildman–Crippen MR) is 66.6 cm³/mol. The second-order valence-corrected chi connectivity index (χ2v) is 4.19. The molecule has 0 aliphatic rings. The molecular formula is C13H22N2O2. The van der Waals surface area contributed by atoms with Crippen molar-refractivity contribution in [2.24, 2.45) is 0 Å². The number of aryl methyl sites for hydroxylation is 1. The molecule has 0 radical (unpaired) electrons. The van der Waals surface area contributed by atoms with Crippen LogP contribution in [0.4, 0.5) is 0 Å². The first-order chi connectivity index (χ1) is 8.33. The van der Waals surface area contributed by atoms with E-state index in [9.17, 15) is 4.79 Å². The molecule has 0 spiro atoms. The molecule has 1 aromatic rings. The molecule has 17 heavy (non-hydrogen) atoms. The molecule has 0 atom stereocenters. The van der Waals surface area contributed by atoms with Gasteiger partial charge < -0.3 is 9.30 Å². The van der Waals surface area contributed by atoms with E-state index in [-0.39, 0.29) is 5.97 Å². The molecular weight excluding hydrogens is 216 g/mol. The zero-order valence-corrected chi connectivity index (χ0v) is 10.6. The summed E-state index contributed by atoms with van der Waals surface area (Å²) in [5, 5.41) is 0. The molecule has 0 aromatic carbocycles. The molecule has 0 unspecified atom stereocenters. The molecule has 0 aliphatic carbocycles. The molecule has 1 heterocycles. The first-order valence-corrected chi connectivity index (χ1v) is 6.44. The van der Waals surface area contributed by atoms with Crippen LogP contribution in [0.2, 0.25) is 0 Å². The van der Waals surface area contributed by atoms with Gasteiger partial charge in [0.2, 0.25) is 0 Å². The minimum absolute atomic E-state index is 0.0542. The summed E-state index contributed by atoms with van der Waals surface area (Å²) in [5.41, 5.74) is 0. The van der Waals surface area contributed by atoms with Crippen molar-refractivity contribution >= 4 is 5.97 Å². The van der Waals surface area contributed by atoms with E-state index in [1.807, 2.05) is 19.4 Å². The van der Waals surface area contributed by atoms with Crippen molar-refractivity contribution in [2.75, 3.05) is 6.61 Å². The maximum Gasteiger partial charge on any atom is 0.305 e. The molecule has 4 nitrogen and oxygen atoms in total. The second-order valence-electron chi connectivity index (χ2n) is 4.19. The van der Waals surface area contributed by atoms with Crippen molar-refractivity contribution in [1.29, 1.82) is 0 Å². The van der Waals surface area contributed by atoms with E-state index in [0.717, 1.165) is 38.6 Å². The average molecular weight is 238 g/mol. The third-order valence-corrected chi connectivity index (χ3v) is 2.57. The van der Waals surface area contributed by atoms with Crippen LogP contribution in [0.5, 0.6) is 0 Å². The number of carbonyl (C=O) groups excluding carboxylic acids is 1. The maximum atomic E-state index is 11.2. The van der Waals surface area contributed by atoms with Crippen molar-refractivity contribution in [2.45, 2.75) is 52.0 Å². The predicted octanol–water partition coefficient (Wildman–Crippen LogP) is 2.79. The fraction of sp³-hybridized carbons (Fsp3) is 0.692. The van der Waals surface area contributed by atoms with E-state index in [4.69, 9.17) is 4.74 Å². The number of nitrogens with zero attached hydrogens (tertiary/aromatic N) is 2. The minimum Gasteiger partial charge on any atom is -0.466 e. The molecule has 0 bridgehead atoms. The summed E-state index contributed by atoms with van der Waals surface area (Å²) < 4.78 is 7.08. The highest BCUT2D eigenvalue weighted by Gasteiger charge is 2.01. The Balaban J connectivity index is 1.89. The number of esters is 1. The Labute approximate surface area is 103 Å². The van der Waals surface area contributed by atoms with E-state index in [1.165, 1.54) is 0 Å². The van der Waals surface area contributed by atoms with Crippen LogP contribution in [0, 0.1) is 0 Å². The number of imidazole rings is 1. The van der Waals surface area contributed by atoms with Gasteiger partial charge in [-0.25, -0.2) is 4.98 Å². The van der Waals surface area contributed by atoms with Crippen LogP contribution in [0.3, 0.4) is 0 Å². The molecule has 0 saturated heterocycles. The van der Waals surface area contributed by atoms with Crippen LogP contribution in [0.1, 0.15) is 45.4 Å². The molecule has 1 aromatic heterocycles. The van der Waals surface area contributed by atoms with Gasteiger partial charge >= 0.3 is 5.97 Å². The maximum absolute atomic E-state index is 11.2. The van der Waals surface area contributed by atoms with Crippen molar-refractivity contribution in [3.8, 4) is 0 Å². The van der Waals surface area contributed by atoms with Gasteiger partial charge in [0.25, 0.3) is 0 Å². The number of rotatable bonds is 9. The van der Waals surface area contributed by atoms with Gasteiger partial charge in [-0.2, -0.15) is 0 Å². The molecule has 0 aliphatic heterocycles. The Morgan fingerprint density at radius 2 is 2.12 bits per heavy atom. The van der Waals surface area contributed by atoms with Crippen LogP contribution < -0.4 is 0 Å². The number of hydrogen-bond donors (Lipinski definition) is 0. The number of aromatic nitrogens is 2. The van der Waals surface area contributed by atoms with Crippen molar-refractivity contribution in [3.63, 3.8) is 0 Å². The molecule has 0 N–H and O–H groups in total. The lowest BCUT2D eigenvalue weighted by atomic mass is 10.1. The summed E-state index contributed by atoms with van der Waals surface area (Å²) >= 11 is 0. The summed E-state index contributed by atoms with van der Waals surface area (Å²) in [6.07, 6.45) is 11.4. The summed E-state index contributed by atoms with van der Waals surface area (Å²) in [7, 11) is 0. The third-order valence-electron chi connectivity index (χ3n) is 2.57. The second kappa shape index (κ2) is 8.79. The minimum atomic E-state index is -0.0542. The van der Waals surface area contributed by atoms with Gasteiger partial charge in [-0.1, -0.05) is 19.8 Å². The van der Waals surface area contributed by atoms with Gasteiger partial charge in [0, 0.05) is 25.4 Å². The molecule has 4 heteroatoms. The third kappa shape index (κ3) is 6.76. The van der Waals surface area contributed by atoms with Crippen molar-refractivity contribution in [1.82, 2.24) is 9.55 Å². The zero-order valence-electron chi connectivity index (χ0n) is 10.6. The van der Waals surface area contributed by atoms with Crippen LogP contribution >= 0.6 is 0 Å². The van der Waals surface area contributed by atoms with E-state index in [1.54, 1.807) is 6.20 Å². The average Bonchev–Trinajstić information content (AvgIpc) is 2.84. The van der Waals surface area contributed by atoms with Crippen LogP contribution in [0.25, 0.3) is 0 Å². The first-order valence-electron chi connectivity index (χ1n) is 6.44.